The molecule has 178 valence electrons. The number of fused-ring (bicyclic) bond motifs is 2. The van der Waals surface area contributed by atoms with Gasteiger partial charge in [0.2, 0.25) is 0 Å². The molecule has 2 unspecified atom stereocenters. The SMILES string of the molecule is CC1CC2CC(C)CC(CCN(C)c3ccccc3N(C=N)CCN3CCCCC3)(C1)C2. The topological polar surface area (TPSA) is 33.6 Å². The lowest BCUT2D eigenvalue weighted by atomic mass is 9.55. The average molecular weight is 439 g/mol. The molecular formula is C28H46N4. The van der Waals surface area contributed by atoms with Crippen LogP contribution in [0.2, 0.25) is 0 Å². The summed E-state index contributed by atoms with van der Waals surface area (Å²) >= 11 is 0. The van der Waals surface area contributed by atoms with Crippen LogP contribution in [0.1, 0.15) is 71.6 Å². The van der Waals surface area contributed by atoms with E-state index in [1.54, 1.807) is 0 Å². The summed E-state index contributed by atoms with van der Waals surface area (Å²) in [5.74, 6) is 2.74. The third kappa shape index (κ3) is 5.68. The Kier molecular flexibility index (Phi) is 7.81. The molecule has 2 aliphatic carbocycles. The average Bonchev–Trinajstić information content (AvgIpc) is 2.78. The molecule has 1 aliphatic heterocycles. The third-order valence-corrected chi connectivity index (χ3v) is 8.60. The Morgan fingerprint density at radius 1 is 0.969 bits per heavy atom. The molecule has 0 amide bonds. The fraction of sp³-hybridized carbons (Fsp3) is 0.750. The van der Waals surface area contributed by atoms with Crippen molar-refractivity contribution in [3.8, 4) is 0 Å². The Morgan fingerprint density at radius 3 is 2.28 bits per heavy atom. The highest BCUT2D eigenvalue weighted by Crippen LogP contribution is 2.54. The van der Waals surface area contributed by atoms with Crippen LogP contribution in [-0.4, -0.2) is 51.0 Å². The van der Waals surface area contributed by atoms with E-state index < -0.39 is 0 Å². The predicted molar refractivity (Wildman–Crippen MR) is 138 cm³/mol. The van der Waals surface area contributed by atoms with E-state index in [9.17, 15) is 0 Å². The Morgan fingerprint density at radius 2 is 1.62 bits per heavy atom. The zero-order chi connectivity index (χ0) is 22.6. The smallest absolute Gasteiger partial charge is 0.0862 e. The number of para-hydroxylation sites is 2. The highest BCUT2D eigenvalue weighted by atomic mass is 15.2. The summed E-state index contributed by atoms with van der Waals surface area (Å²) in [5, 5.41) is 8.11. The van der Waals surface area contributed by atoms with Gasteiger partial charge in [0.1, 0.15) is 0 Å². The van der Waals surface area contributed by atoms with Gasteiger partial charge >= 0.3 is 0 Å². The second-order valence-electron chi connectivity index (χ2n) is 11.5. The first-order valence-electron chi connectivity index (χ1n) is 13.3. The van der Waals surface area contributed by atoms with Crippen LogP contribution in [0, 0.1) is 28.6 Å². The minimum absolute atomic E-state index is 0.554. The van der Waals surface area contributed by atoms with Crippen LogP contribution >= 0.6 is 0 Å². The summed E-state index contributed by atoms with van der Waals surface area (Å²) < 4.78 is 0. The van der Waals surface area contributed by atoms with E-state index in [1.165, 1.54) is 88.6 Å². The van der Waals surface area contributed by atoms with E-state index in [0.717, 1.165) is 37.4 Å². The highest BCUT2D eigenvalue weighted by molar-refractivity contribution is 5.85. The molecule has 3 aliphatic rings. The van der Waals surface area contributed by atoms with E-state index >= 15 is 0 Å². The van der Waals surface area contributed by atoms with Gasteiger partial charge in [0.05, 0.1) is 17.7 Å². The number of nitrogens with zero attached hydrogens (tertiary/aromatic N) is 3. The Hall–Kier alpha value is -1.55. The van der Waals surface area contributed by atoms with Crippen LogP contribution in [-0.2, 0) is 0 Å². The zero-order valence-electron chi connectivity index (χ0n) is 20.9. The molecule has 1 heterocycles. The molecule has 4 nitrogen and oxygen atoms in total. The maximum atomic E-state index is 8.11. The fourth-order valence-electron chi connectivity index (χ4n) is 7.46. The largest absolute Gasteiger partial charge is 0.373 e. The molecule has 1 saturated heterocycles. The van der Waals surface area contributed by atoms with Crippen molar-refractivity contribution >= 4 is 17.7 Å². The molecule has 1 aromatic carbocycles. The number of hydrogen-bond acceptors (Lipinski definition) is 3. The van der Waals surface area contributed by atoms with Gasteiger partial charge < -0.3 is 14.7 Å². The van der Waals surface area contributed by atoms with Crippen molar-refractivity contribution in [2.75, 3.05) is 49.6 Å². The quantitative estimate of drug-likeness (QED) is 0.365. The van der Waals surface area contributed by atoms with Crippen molar-refractivity contribution < 1.29 is 0 Å². The van der Waals surface area contributed by atoms with Gasteiger partial charge in [-0.2, -0.15) is 0 Å². The predicted octanol–water partition coefficient (Wildman–Crippen LogP) is 6.26. The summed E-state index contributed by atoms with van der Waals surface area (Å²) in [7, 11) is 2.26. The summed E-state index contributed by atoms with van der Waals surface area (Å²) in [4.78, 5) is 7.19. The first-order chi connectivity index (χ1) is 15.5. The van der Waals surface area contributed by atoms with Crippen molar-refractivity contribution in [3.05, 3.63) is 24.3 Å². The molecule has 32 heavy (non-hydrogen) atoms. The molecule has 1 aromatic rings. The van der Waals surface area contributed by atoms with Crippen LogP contribution in [0.3, 0.4) is 0 Å². The molecule has 0 spiro atoms. The summed E-state index contributed by atoms with van der Waals surface area (Å²) in [5.41, 5.74) is 3.01. The second-order valence-corrected chi connectivity index (χ2v) is 11.5. The molecule has 4 heteroatoms. The second kappa shape index (κ2) is 10.6. The lowest BCUT2D eigenvalue weighted by molar-refractivity contribution is 0.0132. The Bertz CT molecular complexity index is 721. The van der Waals surface area contributed by atoms with Gasteiger partial charge in [-0.3, -0.25) is 5.41 Å². The van der Waals surface area contributed by atoms with Crippen LogP contribution in [0.25, 0.3) is 0 Å². The van der Waals surface area contributed by atoms with E-state index in [0.29, 0.717) is 5.41 Å². The van der Waals surface area contributed by atoms with Gasteiger partial charge in [-0.1, -0.05) is 32.4 Å². The maximum Gasteiger partial charge on any atom is 0.0862 e. The lowest BCUT2D eigenvalue weighted by Gasteiger charge is -2.50. The highest BCUT2D eigenvalue weighted by Gasteiger charge is 2.43. The van der Waals surface area contributed by atoms with Crippen molar-refractivity contribution in [1.82, 2.24) is 4.90 Å². The zero-order valence-corrected chi connectivity index (χ0v) is 20.9. The lowest BCUT2D eigenvalue weighted by Crippen LogP contribution is -2.41. The molecule has 3 fully saturated rings. The number of benzene rings is 1. The van der Waals surface area contributed by atoms with Crippen LogP contribution in [0.5, 0.6) is 0 Å². The molecular weight excluding hydrogens is 392 g/mol. The van der Waals surface area contributed by atoms with Gasteiger partial charge in [0, 0.05) is 26.7 Å². The van der Waals surface area contributed by atoms with Crippen molar-refractivity contribution in [3.63, 3.8) is 0 Å². The number of likely N-dealkylation sites (tertiary alicyclic amines) is 1. The van der Waals surface area contributed by atoms with E-state index in [-0.39, 0.29) is 0 Å². The number of nitrogens with one attached hydrogen (secondary N) is 1. The molecule has 1 N–H and O–H groups in total. The van der Waals surface area contributed by atoms with Crippen molar-refractivity contribution in [2.24, 2.45) is 23.2 Å². The van der Waals surface area contributed by atoms with Crippen molar-refractivity contribution in [2.45, 2.75) is 71.6 Å². The van der Waals surface area contributed by atoms with E-state index in [1.807, 2.05) is 0 Å². The first kappa shape index (κ1) is 23.6. The first-order valence-corrected chi connectivity index (χ1v) is 13.3. The van der Waals surface area contributed by atoms with Crippen LogP contribution < -0.4 is 9.80 Å². The normalized spacial score (nSPS) is 30.7. The molecule has 2 bridgehead atoms. The Balaban J connectivity index is 1.41. The summed E-state index contributed by atoms with van der Waals surface area (Å²) in [6, 6.07) is 8.73. The summed E-state index contributed by atoms with van der Waals surface area (Å²) in [6.45, 7) is 10.5. The number of rotatable bonds is 9. The molecule has 4 rings (SSSR count). The molecule has 2 atom stereocenters. The van der Waals surface area contributed by atoms with Crippen LogP contribution in [0.4, 0.5) is 11.4 Å². The third-order valence-electron chi connectivity index (χ3n) is 8.60. The standard InChI is InChI=1S/C28H46N4/c1-23-17-25-18-24(2)20-28(19-23,21-25)11-14-30(3)26-9-5-6-10-27(26)32(22-29)16-15-31-12-7-4-8-13-31/h5-6,9-10,22-25,29H,4,7-8,11-21H2,1-3H3. The van der Waals surface area contributed by atoms with Crippen LogP contribution in [0.15, 0.2) is 24.3 Å². The number of hydrogen-bond donors (Lipinski definition) is 1. The van der Waals surface area contributed by atoms with E-state index in [4.69, 9.17) is 5.41 Å². The fourth-order valence-corrected chi connectivity index (χ4v) is 7.46. The van der Waals surface area contributed by atoms with Crippen molar-refractivity contribution in [1.29, 1.82) is 5.41 Å². The molecule has 0 radical (unpaired) electrons. The van der Waals surface area contributed by atoms with Gasteiger partial charge in [-0.15, -0.1) is 0 Å². The minimum atomic E-state index is 0.554. The van der Waals surface area contributed by atoms with Gasteiger partial charge in [-0.25, -0.2) is 0 Å². The Labute approximate surface area is 196 Å². The number of anilines is 2. The minimum Gasteiger partial charge on any atom is -0.373 e. The van der Waals surface area contributed by atoms with E-state index in [2.05, 4.69) is 59.9 Å². The molecule has 2 saturated carbocycles. The summed E-state index contributed by atoms with van der Waals surface area (Å²) in [6.07, 6.45) is 14.1. The van der Waals surface area contributed by atoms with Gasteiger partial charge in [-0.05, 0) is 99.8 Å². The maximum absolute atomic E-state index is 8.11. The van der Waals surface area contributed by atoms with Gasteiger partial charge in [0.15, 0.2) is 0 Å². The monoisotopic (exact) mass is 438 g/mol. The number of piperidine rings is 1. The van der Waals surface area contributed by atoms with Gasteiger partial charge in [0.25, 0.3) is 0 Å². The molecule has 0 aromatic heterocycles.